The van der Waals surface area contributed by atoms with Crippen molar-refractivity contribution in [2.75, 3.05) is 19.0 Å². The third-order valence-corrected chi connectivity index (χ3v) is 5.25. The number of carbonyl (C=O) groups is 3. The van der Waals surface area contributed by atoms with Crippen molar-refractivity contribution in [3.63, 3.8) is 0 Å². The molecule has 0 bridgehead atoms. The summed E-state index contributed by atoms with van der Waals surface area (Å²) in [6.07, 6.45) is 3.89. The van der Waals surface area contributed by atoms with E-state index < -0.39 is 28.9 Å². The molecule has 1 aliphatic heterocycles. The summed E-state index contributed by atoms with van der Waals surface area (Å²) in [6.45, 7) is 1.18. The molecule has 2 aliphatic rings. The van der Waals surface area contributed by atoms with Gasteiger partial charge in [-0.3, -0.25) is 24.6 Å². The second kappa shape index (κ2) is 7.45. The summed E-state index contributed by atoms with van der Waals surface area (Å²) in [6, 6.07) is 2.07. The highest BCUT2D eigenvalue weighted by molar-refractivity contribution is 6.10. The van der Waals surface area contributed by atoms with E-state index in [1.165, 1.54) is 19.2 Å². The molecule has 4 amide bonds. The minimum absolute atomic E-state index is 0.00190. The number of amides is 4. The van der Waals surface area contributed by atoms with E-state index in [0.717, 1.165) is 24.2 Å². The van der Waals surface area contributed by atoms with Gasteiger partial charge in [-0.05, 0) is 25.3 Å². The highest BCUT2D eigenvalue weighted by Crippen LogP contribution is 2.34. The van der Waals surface area contributed by atoms with Crippen LogP contribution in [0.2, 0.25) is 0 Å². The number of anilines is 1. The molecule has 1 aromatic carbocycles. The number of benzene rings is 1. The average molecular weight is 390 g/mol. The Hall–Kier alpha value is -3.17. The van der Waals surface area contributed by atoms with Gasteiger partial charge in [0.25, 0.3) is 5.91 Å². The summed E-state index contributed by atoms with van der Waals surface area (Å²) in [5.74, 6) is -0.942. The van der Waals surface area contributed by atoms with Crippen molar-refractivity contribution < 1.29 is 24.0 Å². The van der Waals surface area contributed by atoms with Gasteiger partial charge in [-0.2, -0.15) is 0 Å². The van der Waals surface area contributed by atoms with Crippen LogP contribution in [0.25, 0.3) is 0 Å². The Balaban J connectivity index is 1.73. The molecule has 3 rings (SSSR count). The van der Waals surface area contributed by atoms with Crippen LogP contribution in [0.4, 0.5) is 16.2 Å². The van der Waals surface area contributed by atoms with Gasteiger partial charge >= 0.3 is 11.7 Å². The smallest absolute Gasteiger partial charge is 0.325 e. The lowest BCUT2D eigenvalue weighted by Crippen LogP contribution is -2.48. The minimum Gasteiger partial charge on any atom is -0.490 e. The van der Waals surface area contributed by atoms with E-state index in [-0.39, 0.29) is 17.3 Å². The number of urea groups is 1. The number of nitro benzene ring substituents is 1. The van der Waals surface area contributed by atoms with E-state index in [4.69, 9.17) is 4.74 Å². The predicted molar refractivity (Wildman–Crippen MR) is 99.1 cm³/mol. The maximum atomic E-state index is 12.7. The molecule has 1 spiro atoms. The first kappa shape index (κ1) is 19.6. The number of hydrogen-bond donors (Lipinski definition) is 2. The number of rotatable bonds is 5. The second-order valence-electron chi connectivity index (χ2n) is 7.11. The highest BCUT2D eigenvalue weighted by Gasteiger charge is 2.51. The zero-order valence-electron chi connectivity index (χ0n) is 15.7. The van der Waals surface area contributed by atoms with Crippen LogP contribution in [0.15, 0.2) is 12.1 Å². The van der Waals surface area contributed by atoms with Gasteiger partial charge < -0.3 is 15.4 Å². The second-order valence-corrected chi connectivity index (χ2v) is 7.11. The Morgan fingerprint density at radius 3 is 2.61 bits per heavy atom. The third kappa shape index (κ3) is 3.49. The topological polar surface area (TPSA) is 131 Å². The number of ether oxygens (including phenoxy) is 1. The molecule has 150 valence electrons. The Morgan fingerprint density at radius 1 is 1.32 bits per heavy atom. The Morgan fingerprint density at radius 2 is 2.00 bits per heavy atom. The van der Waals surface area contributed by atoms with Gasteiger partial charge in [0.05, 0.1) is 12.0 Å². The van der Waals surface area contributed by atoms with Crippen molar-refractivity contribution in [2.45, 2.75) is 44.6 Å². The predicted octanol–water partition coefficient (Wildman–Crippen LogP) is 2.11. The molecular formula is C18H22N4O6. The molecule has 1 saturated carbocycles. The standard InChI is InChI=1S/C18H22N4O6/c1-11-8-13(22(26)27)14(28-2)9-12(11)19-15(23)10-21-16(24)18(20-17(21)25)6-4-3-5-7-18/h8-9H,3-7,10H2,1-2H3,(H,19,23)(H,20,25). The molecule has 10 nitrogen and oxygen atoms in total. The van der Waals surface area contributed by atoms with Gasteiger partial charge in [0.15, 0.2) is 5.75 Å². The van der Waals surface area contributed by atoms with Crippen molar-refractivity contribution >= 4 is 29.2 Å². The van der Waals surface area contributed by atoms with Crippen LogP contribution in [0, 0.1) is 17.0 Å². The number of nitrogens with one attached hydrogen (secondary N) is 2. The maximum absolute atomic E-state index is 12.7. The van der Waals surface area contributed by atoms with Crippen LogP contribution in [0.5, 0.6) is 5.75 Å². The zero-order chi connectivity index (χ0) is 20.5. The summed E-state index contributed by atoms with van der Waals surface area (Å²) >= 11 is 0. The fourth-order valence-corrected chi connectivity index (χ4v) is 3.76. The molecule has 0 atom stereocenters. The van der Waals surface area contributed by atoms with Crippen LogP contribution in [0.1, 0.15) is 37.7 Å². The molecule has 0 radical (unpaired) electrons. The first-order valence-corrected chi connectivity index (χ1v) is 9.04. The molecule has 2 N–H and O–H groups in total. The van der Waals surface area contributed by atoms with E-state index in [1.807, 2.05) is 0 Å². The fraction of sp³-hybridized carbons (Fsp3) is 0.500. The Kier molecular flexibility index (Phi) is 5.21. The first-order chi connectivity index (χ1) is 13.3. The number of methoxy groups -OCH3 is 1. The molecule has 10 heteroatoms. The van der Waals surface area contributed by atoms with Crippen LogP contribution in [-0.2, 0) is 9.59 Å². The molecule has 0 unspecified atom stereocenters. The number of imide groups is 1. The maximum Gasteiger partial charge on any atom is 0.325 e. The number of nitro groups is 1. The lowest BCUT2D eigenvalue weighted by molar-refractivity contribution is -0.385. The Labute approximate surface area is 161 Å². The van der Waals surface area contributed by atoms with Gasteiger partial charge in [-0.15, -0.1) is 0 Å². The van der Waals surface area contributed by atoms with Crippen LogP contribution in [-0.4, -0.2) is 46.9 Å². The molecule has 1 aliphatic carbocycles. The van der Waals surface area contributed by atoms with Gasteiger partial charge in [-0.25, -0.2) is 4.79 Å². The number of hydrogen-bond acceptors (Lipinski definition) is 6. The quantitative estimate of drug-likeness (QED) is 0.450. The third-order valence-electron chi connectivity index (χ3n) is 5.25. The molecule has 1 saturated heterocycles. The number of carbonyl (C=O) groups excluding carboxylic acids is 3. The number of nitrogens with zero attached hydrogens (tertiary/aromatic N) is 2. The van der Waals surface area contributed by atoms with Crippen LogP contribution in [0.3, 0.4) is 0 Å². The van der Waals surface area contributed by atoms with Crippen molar-refractivity contribution in [1.82, 2.24) is 10.2 Å². The molecule has 2 fully saturated rings. The van der Waals surface area contributed by atoms with E-state index in [0.29, 0.717) is 24.1 Å². The molecule has 1 aromatic rings. The van der Waals surface area contributed by atoms with Gasteiger partial charge in [0.2, 0.25) is 5.91 Å². The summed E-state index contributed by atoms with van der Waals surface area (Å²) < 4.78 is 5.00. The fourth-order valence-electron chi connectivity index (χ4n) is 3.76. The van der Waals surface area contributed by atoms with Gasteiger partial charge in [0.1, 0.15) is 12.1 Å². The van der Waals surface area contributed by atoms with Crippen molar-refractivity contribution in [3.8, 4) is 5.75 Å². The highest BCUT2D eigenvalue weighted by atomic mass is 16.6. The SMILES string of the molecule is COc1cc(NC(=O)CN2C(=O)NC3(CCCCC3)C2=O)c(C)cc1[N+](=O)[O-]. The lowest BCUT2D eigenvalue weighted by Gasteiger charge is -2.30. The van der Waals surface area contributed by atoms with Crippen molar-refractivity contribution in [1.29, 1.82) is 0 Å². The van der Waals surface area contributed by atoms with E-state index in [2.05, 4.69) is 10.6 Å². The van der Waals surface area contributed by atoms with Crippen molar-refractivity contribution in [2.24, 2.45) is 0 Å². The molecule has 0 aromatic heterocycles. The van der Waals surface area contributed by atoms with E-state index in [1.54, 1.807) is 6.92 Å². The van der Waals surface area contributed by atoms with E-state index in [9.17, 15) is 24.5 Å². The molecule has 28 heavy (non-hydrogen) atoms. The first-order valence-electron chi connectivity index (χ1n) is 9.04. The average Bonchev–Trinajstić information content (AvgIpc) is 2.87. The van der Waals surface area contributed by atoms with Crippen molar-refractivity contribution in [3.05, 3.63) is 27.8 Å². The van der Waals surface area contributed by atoms with Crippen LogP contribution >= 0.6 is 0 Å². The monoisotopic (exact) mass is 390 g/mol. The zero-order valence-corrected chi connectivity index (χ0v) is 15.7. The normalized spacial score (nSPS) is 18.1. The number of aryl methyl sites for hydroxylation is 1. The van der Waals surface area contributed by atoms with E-state index >= 15 is 0 Å². The van der Waals surface area contributed by atoms with Crippen LogP contribution < -0.4 is 15.4 Å². The summed E-state index contributed by atoms with van der Waals surface area (Å²) in [5, 5.41) is 16.4. The minimum atomic E-state index is -0.887. The van der Waals surface area contributed by atoms with Gasteiger partial charge in [0, 0.05) is 17.8 Å². The summed E-state index contributed by atoms with van der Waals surface area (Å²) in [5.41, 5.74) is -0.331. The molecular weight excluding hydrogens is 368 g/mol. The largest absolute Gasteiger partial charge is 0.490 e. The summed E-state index contributed by atoms with van der Waals surface area (Å²) in [4.78, 5) is 48.8. The molecule has 1 heterocycles. The Bertz CT molecular complexity index is 847. The lowest BCUT2D eigenvalue weighted by atomic mass is 9.82. The van der Waals surface area contributed by atoms with Gasteiger partial charge in [-0.1, -0.05) is 19.3 Å². The summed E-state index contributed by atoms with van der Waals surface area (Å²) in [7, 11) is 1.29.